The number of hydrogen-bond acceptors (Lipinski definition) is 0. The van der Waals surface area contributed by atoms with Gasteiger partial charge in [-0.15, -0.1) is 0 Å². The Balaban J connectivity index is -0.000000327. The van der Waals surface area contributed by atoms with E-state index >= 15 is 0 Å². The van der Waals surface area contributed by atoms with E-state index in [1.54, 1.807) is 25.7 Å². The first kappa shape index (κ1) is 24.0. The smallest absolute Gasteiger partial charge is 0.0386 e. The van der Waals surface area contributed by atoms with Crippen molar-refractivity contribution in [1.29, 1.82) is 0 Å². The molecule has 0 aromatic heterocycles. The summed E-state index contributed by atoms with van der Waals surface area (Å²) in [6.45, 7) is 8.25. The molecule has 2 nitrogen and oxygen atoms in total. The minimum atomic E-state index is 0. The van der Waals surface area contributed by atoms with Gasteiger partial charge in [-0.2, -0.15) is 0 Å². The second kappa shape index (κ2) is 17.9. The fourth-order valence-corrected chi connectivity index (χ4v) is 3.21. The highest BCUT2D eigenvalue weighted by molar-refractivity contribution is 4.76. The van der Waals surface area contributed by atoms with Crippen molar-refractivity contribution in [2.24, 2.45) is 11.8 Å². The lowest BCUT2D eigenvalue weighted by molar-refractivity contribution is 0.196. The van der Waals surface area contributed by atoms with E-state index in [4.69, 9.17) is 0 Å². The van der Waals surface area contributed by atoms with Crippen molar-refractivity contribution >= 4 is 0 Å². The quantitative estimate of drug-likeness (QED) is 0.651. The lowest BCUT2D eigenvalue weighted by atomic mass is 9.73. The van der Waals surface area contributed by atoms with Crippen LogP contribution in [-0.4, -0.2) is 11.0 Å². The maximum Gasteiger partial charge on any atom is -0.0386 e. The van der Waals surface area contributed by atoms with Gasteiger partial charge in [0.2, 0.25) is 0 Å². The van der Waals surface area contributed by atoms with E-state index in [0.29, 0.717) is 0 Å². The molecule has 0 bridgehead atoms. The zero-order chi connectivity index (χ0) is 12.9. The van der Waals surface area contributed by atoms with Crippen molar-refractivity contribution < 1.29 is 11.0 Å². The second-order valence-electron chi connectivity index (χ2n) is 5.50. The largest absolute Gasteiger partial charge is 0.412 e. The SMILES string of the molecule is C1CCC(C2CCCCC2)CC1.CC.CCC.O.O. The van der Waals surface area contributed by atoms with Crippen LogP contribution in [0.5, 0.6) is 0 Å². The van der Waals surface area contributed by atoms with Gasteiger partial charge in [0.1, 0.15) is 0 Å². The summed E-state index contributed by atoms with van der Waals surface area (Å²) in [6, 6.07) is 0. The van der Waals surface area contributed by atoms with Gasteiger partial charge in [0.15, 0.2) is 0 Å². The van der Waals surface area contributed by atoms with Gasteiger partial charge in [-0.3, -0.25) is 0 Å². The highest BCUT2D eigenvalue weighted by Crippen LogP contribution is 2.37. The van der Waals surface area contributed by atoms with Crippen molar-refractivity contribution in [3.63, 3.8) is 0 Å². The molecule has 2 aliphatic rings. The van der Waals surface area contributed by atoms with Crippen molar-refractivity contribution in [2.75, 3.05) is 0 Å². The van der Waals surface area contributed by atoms with Crippen LogP contribution in [0.4, 0.5) is 0 Å². The molecule has 120 valence electrons. The van der Waals surface area contributed by atoms with E-state index in [-0.39, 0.29) is 11.0 Å². The first-order valence-corrected chi connectivity index (χ1v) is 8.38. The van der Waals surface area contributed by atoms with E-state index < -0.39 is 0 Å². The summed E-state index contributed by atoms with van der Waals surface area (Å²) < 4.78 is 0. The van der Waals surface area contributed by atoms with E-state index in [1.807, 2.05) is 13.8 Å². The second-order valence-corrected chi connectivity index (χ2v) is 5.50. The summed E-state index contributed by atoms with van der Waals surface area (Å²) >= 11 is 0. The first-order valence-electron chi connectivity index (χ1n) is 8.38. The molecule has 0 aromatic carbocycles. The average molecular weight is 277 g/mol. The van der Waals surface area contributed by atoms with Gasteiger partial charge in [-0.25, -0.2) is 0 Å². The van der Waals surface area contributed by atoms with Gasteiger partial charge in [0.25, 0.3) is 0 Å². The monoisotopic (exact) mass is 276 g/mol. The molecule has 0 aliphatic heterocycles. The highest BCUT2D eigenvalue weighted by Gasteiger charge is 2.24. The Bertz CT molecular complexity index is 120. The number of rotatable bonds is 1. The molecule has 2 aliphatic carbocycles. The molecule has 0 heterocycles. The Kier molecular flexibility index (Phi) is 22.6. The topological polar surface area (TPSA) is 63.0 Å². The van der Waals surface area contributed by atoms with Crippen LogP contribution in [-0.2, 0) is 0 Å². The molecule has 4 N–H and O–H groups in total. The Labute approximate surface area is 122 Å². The van der Waals surface area contributed by atoms with Crippen molar-refractivity contribution in [3.8, 4) is 0 Å². The Hall–Kier alpha value is -0.0800. The van der Waals surface area contributed by atoms with Gasteiger partial charge in [-0.1, -0.05) is 98.3 Å². The van der Waals surface area contributed by atoms with Crippen LogP contribution in [0, 0.1) is 11.8 Å². The summed E-state index contributed by atoms with van der Waals surface area (Å²) in [5.41, 5.74) is 0. The predicted molar refractivity (Wildman–Crippen MR) is 87.7 cm³/mol. The molecule has 2 fully saturated rings. The molecule has 0 spiro atoms. The normalized spacial score (nSPS) is 19.6. The lowest BCUT2D eigenvalue weighted by Crippen LogP contribution is -2.20. The fraction of sp³-hybridized carbons (Fsp3) is 1.00. The molecule has 0 atom stereocenters. The van der Waals surface area contributed by atoms with Gasteiger partial charge >= 0.3 is 0 Å². The zero-order valence-corrected chi connectivity index (χ0v) is 13.9. The Morgan fingerprint density at radius 2 is 0.789 bits per heavy atom. The summed E-state index contributed by atoms with van der Waals surface area (Å²) in [4.78, 5) is 0. The van der Waals surface area contributed by atoms with Crippen LogP contribution < -0.4 is 0 Å². The van der Waals surface area contributed by atoms with Crippen LogP contribution in [0.3, 0.4) is 0 Å². The Morgan fingerprint density at radius 1 is 0.579 bits per heavy atom. The molecule has 2 saturated carbocycles. The van der Waals surface area contributed by atoms with E-state index in [2.05, 4.69) is 13.8 Å². The minimum Gasteiger partial charge on any atom is -0.412 e. The van der Waals surface area contributed by atoms with Crippen molar-refractivity contribution in [3.05, 3.63) is 0 Å². The summed E-state index contributed by atoms with van der Waals surface area (Å²) in [5.74, 6) is 2.28. The molecule has 0 unspecified atom stereocenters. The lowest BCUT2D eigenvalue weighted by Gasteiger charge is -2.32. The third kappa shape index (κ3) is 11.4. The average Bonchev–Trinajstić information content (AvgIpc) is 2.44. The maximum atomic E-state index is 2.12. The summed E-state index contributed by atoms with van der Waals surface area (Å²) in [5, 5.41) is 0. The molecule has 19 heavy (non-hydrogen) atoms. The fourth-order valence-electron chi connectivity index (χ4n) is 3.21. The predicted octanol–water partition coefficient (Wildman–Crippen LogP) is 4.94. The molecule has 2 heteroatoms. The van der Waals surface area contributed by atoms with Crippen LogP contribution >= 0.6 is 0 Å². The van der Waals surface area contributed by atoms with E-state index in [1.165, 1.54) is 44.9 Å². The molecule has 0 aromatic rings. The van der Waals surface area contributed by atoms with Gasteiger partial charge < -0.3 is 11.0 Å². The van der Waals surface area contributed by atoms with E-state index in [0.717, 1.165) is 11.8 Å². The zero-order valence-electron chi connectivity index (χ0n) is 13.9. The molecular weight excluding hydrogens is 236 g/mol. The van der Waals surface area contributed by atoms with Crippen molar-refractivity contribution in [1.82, 2.24) is 0 Å². The summed E-state index contributed by atoms with van der Waals surface area (Å²) in [7, 11) is 0. The van der Waals surface area contributed by atoms with Crippen LogP contribution in [0.15, 0.2) is 0 Å². The van der Waals surface area contributed by atoms with Crippen LogP contribution in [0.2, 0.25) is 0 Å². The van der Waals surface area contributed by atoms with Crippen LogP contribution in [0.1, 0.15) is 98.3 Å². The minimum absolute atomic E-state index is 0. The molecule has 0 radical (unpaired) electrons. The molecular formula is C17H40O2. The third-order valence-electron chi connectivity index (χ3n) is 3.97. The molecule has 0 saturated heterocycles. The van der Waals surface area contributed by atoms with E-state index in [9.17, 15) is 0 Å². The maximum absolute atomic E-state index is 2.12. The first-order chi connectivity index (χ1) is 8.38. The number of hydrogen-bond donors (Lipinski definition) is 0. The van der Waals surface area contributed by atoms with Gasteiger partial charge in [-0.05, 0) is 11.8 Å². The van der Waals surface area contributed by atoms with Crippen LogP contribution in [0.25, 0.3) is 0 Å². The third-order valence-corrected chi connectivity index (χ3v) is 3.97. The molecule has 0 amide bonds. The Morgan fingerprint density at radius 3 is 1.00 bits per heavy atom. The molecule has 2 rings (SSSR count). The van der Waals surface area contributed by atoms with Gasteiger partial charge in [0, 0.05) is 0 Å². The van der Waals surface area contributed by atoms with Gasteiger partial charge in [0.05, 0.1) is 0 Å². The summed E-state index contributed by atoms with van der Waals surface area (Å²) in [6.07, 6.45) is 16.6. The van der Waals surface area contributed by atoms with Crippen molar-refractivity contribution in [2.45, 2.75) is 98.3 Å². The highest BCUT2D eigenvalue weighted by atomic mass is 16.0. The standard InChI is InChI=1S/C12H22.C3H8.C2H6.2H2O/c1-3-7-11(8-4-1)12-9-5-2-6-10-12;1-3-2;1-2;;/h11-12H,1-10H2;3H2,1-2H3;1-2H3;2*1H2.